The van der Waals surface area contributed by atoms with E-state index >= 15 is 0 Å². The zero-order chi connectivity index (χ0) is 16.8. The molecule has 1 saturated heterocycles. The minimum Gasteiger partial charge on any atom is -0.467 e. The Morgan fingerprint density at radius 2 is 1.91 bits per heavy atom. The molecule has 0 bridgehead atoms. The number of fused-ring (bicyclic) bond motifs is 3. The van der Waals surface area contributed by atoms with E-state index in [1.165, 1.54) is 26.0 Å². The van der Waals surface area contributed by atoms with Gasteiger partial charge in [0.2, 0.25) is 5.91 Å². The number of para-hydroxylation sites is 1. The third-order valence-electron chi connectivity index (χ3n) is 4.73. The van der Waals surface area contributed by atoms with Gasteiger partial charge in [0.15, 0.2) is 6.17 Å². The van der Waals surface area contributed by atoms with Gasteiger partial charge in [0.1, 0.15) is 11.6 Å². The Morgan fingerprint density at radius 1 is 1.22 bits per heavy atom. The summed E-state index contributed by atoms with van der Waals surface area (Å²) < 4.78 is 10.7. The first kappa shape index (κ1) is 15.8. The van der Waals surface area contributed by atoms with E-state index < -0.39 is 23.8 Å². The number of carbonyl (C=O) groups is 2. The lowest BCUT2D eigenvalue weighted by molar-refractivity contribution is -0.152. The number of benzene rings is 1. The molecule has 0 N–H and O–H groups in total. The number of rotatable bonds is 3. The van der Waals surface area contributed by atoms with Crippen molar-refractivity contribution < 1.29 is 23.9 Å². The number of hydroxylamine groups is 1. The fourth-order valence-electron chi connectivity index (χ4n) is 3.81. The number of anilines is 1. The van der Waals surface area contributed by atoms with Gasteiger partial charge in [0, 0.05) is 26.0 Å². The predicted octanol–water partition coefficient (Wildman–Crippen LogP) is 1.03. The lowest BCUT2D eigenvalue weighted by Gasteiger charge is -2.35. The van der Waals surface area contributed by atoms with Crippen molar-refractivity contribution in [2.75, 3.05) is 26.4 Å². The van der Waals surface area contributed by atoms with Gasteiger partial charge in [-0.1, -0.05) is 18.2 Å². The van der Waals surface area contributed by atoms with E-state index in [9.17, 15) is 9.59 Å². The largest absolute Gasteiger partial charge is 0.467 e. The second kappa shape index (κ2) is 5.50. The van der Waals surface area contributed by atoms with Crippen LogP contribution in [0, 0.1) is 0 Å². The van der Waals surface area contributed by atoms with Gasteiger partial charge in [0.05, 0.1) is 19.9 Å². The molecule has 1 aromatic rings. The second-order valence-electron chi connectivity index (χ2n) is 5.66. The zero-order valence-electron chi connectivity index (χ0n) is 13.6. The molecular formula is C16H20N2O5. The third-order valence-corrected chi connectivity index (χ3v) is 4.73. The highest BCUT2D eigenvalue weighted by Crippen LogP contribution is 2.54. The Balaban J connectivity index is 2.18. The normalized spacial score (nSPS) is 28.5. The average Bonchev–Trinajstić information content (AvgIpc) is 3.04. The maximum Gasteiger partial charge on any atom is 0.328 e. The van der Waals surface area contributed by atoms with Crippen molar-refractivity contribution in [1.82, 2.24) is 4.90 Å². The maximum atomic E-state index is 12.3. The summed E-state index contributed by atoms with van der Waals surface area (Å²) in [6.45, 7) is 1.43. The van der Waals surface area contributed by atoms with Gasteiger partial charge in [-0.3, -0.25) is 9.63 Å². The van der Waals surface area contributed by atoms with Crippen molar-refractivity contribution in [3.63, 3.8) is 0 Å². The second-order valence-corrected chi connectivity index (χ2v) is 5.66. The summed E-state index contributed by atoms with van der Waals surface area (Å²) >= 11 is 0. The Bertz CT molecular complexity index is 649. The molecule has 7 nitrogen and oxygen atoms in total. The highest BCUT2D eigenvalue weighted by atomic mass is 16.7. The highest BCUT2D eigenvalue weighted by Gasteiger charge is 2.64. The molecule has 124 valence electrons. The molecule has 7 heteroatoms. The van der Waals surface area contributed by atoms with Gasteiger partial charge in [-0.05, 0) is 6.07 Å². The Kier molecular flexibility index (Phi) is 3.77. The van der Waals surface area contributed by atoms with Gasteiger partial charge in [0.25, 0.3) is 0 Å². The van der Waals surface area contributed by atoms with Gasteiger partial charge in [-0.25, -0.2) is 9.86 Å². The molecule has 0 aliphatic carbocycles. The van der Waals surface area contributed by atoms with Crippen LogP contribution in [0.5, 0.6) is 0 Å². The van der Waals surface area contributed by atoms with E-state index in [1.807, 2.05) is 24.3 Å². The predicted molar refractivity (Wildman–Crippen MR) is 81.3 cm³/mol. The van der Waals surface area contributed by atoms with Crippen LogP contribution in [0.25, 0.3) is 0 Å². The zero-order valence-corrected chi connectivity index (χ0v) is 13.6. The molecule has 0 radical (unpaired) electrons. The lowest BCUT2D eigenvalue weighted by Crippen LogP contribution is -2.54. The molecule has 0 spiro atoms. The number of hydrogen-bond donors (Lipinski definition) is 0. The van der Waals surface area contributed by atoms with Crippen molar-refractivity contribution in [3.8, 4) is 0 Å². The molecule has 1 aromatic carbocycles. The van der Waals surface area contributed by atoms with Gasteiger partial charge in [-0.15, -0.1) is 0 Å². The Morgan fingerprint density at radius 3 is 2.48 bits per heavy atom. The van der Waals surface area contributed by atoms with Crippen molar-refractivity contribution in [1.29, 1.82) is 0 Å². The number of esters is 1. The Hall–Kier alpha value is -2.12. The van der Waals surface area contributed by atoms with E-state index in [2.05, 4.69) is 0 Å². The first-order chi connectivity index (χ1) is 11.0. The molecule has 0 unspecified atom stereocenters. The van der Waals surface area contributed by atoms with Crippen molar-refractivity contribution in [2.45, 2.75) is 31.2 Å². The molecule has 2 aliphatic rings. The van der Waals surface area contributed by atoms with E-state index in [1.54, 1.807) is 12.2 Å². The number of nitrogens with zero attached hydrogens (tertiary/aromatic N) is 2. The van der Waals surface area contributed by atoms with Crippen LogP contribution in [-0.2, 0) is 29.5 Å². The summed E-state index contributed by atoms with van der Waals surface area (Å²) in [6, 6.07) is 6.92. The summed E-state index contributed by atoms with van der Waals surface area (Å²) in [5.74, 6) is -0.696. The molecule has 23 heavy (non-hydrogen) atoms. The van der Waals surface area contributed by atoms with Gasteiger partial charge >= 0.3 is 5.97 Å². The number of likely N-dealkylation sites (tertiary alicyclic amines) is 1. The van der Waals surface area contributed by atoms with Crippen LogP contribution in [0.2, 0.25) is 0 Å². The molecular weight excluding hydrogens is 300 g/mol. The van der Waals surface area contributed by atoms with Crippen molar-refractivity contribution in [2.24, 2.45) is 0 Å². The molecule has 2 heterocycles. The highest BCUT2D eigenvalue weighted by molar-refractivity contribution is 5.86. The summed E-state index contributed by atoms with van der Waals surface area (Å²) in [7, 11) is 4.43. The minimum atomic E-state index is -0.836. The van der Waals surface area contributed by atoms with E-state index in [0.717, 1.165) is 11.3 Å². The van der Waals surface area contributed by atoms with Gasteiger partial charge < -0.3 is 14.4 Å². The molecule has 2 aliphatic heterocycles. The molecule has 0 aromatic heterocycles. The van der Waals surface area contributed by atoms with E-state index in [0.29, 0.717) is 6.42 Å². The van der Waals surface area contributed by atoms with Crippen LogP contribution < -0.4 is 5.06 Å². The molecule has 0 saturated carbocycles. The Labute approximate surface area is 134 Å². The maximum absolute atomic E-state index is 12.3. The standard InChI is InChI=1S/C16H20N2O5/c1-10(19)17-13(14(20)21-2)9-16(22-3)11-7-5-6-8-12(11)18(23-4)15(16)17/h5-8,13,15H,9H2,1-4H3/t13-,15+,16+/m0/s1. The summed E-state index contributed by atoms with van der Waals surface area (Å²) in [5, 5.41) is 1.63. The average molecular weight is 320 g/mol. The van der Waals surface area contributed by atoms with Crippen LogP contribution in [0.1, 0.15) is 18.9 Å². The number of carbonyl (C=O) groups excluding carboxylic acids is 2. The summed E-state index contributed by atoms with van der Waals surface area (Å²) in [4.78, 5) is 31.5. The SMILES string of the molecule is COC(=O)[C@@H]1C[C@@]2(OC)c3ccccc3N(OC)[C@H]2N1C(C)=O. The first-order valence-corrected chi connectivity index (χ1v) is 7.36. The van der Waals surface area contributed by atoms with E-state index in [4.69, 9.17) is 14.3 Å². The molecule has 3 atom stereocenters. The smallest absolute Gasteiger partial charge is 0.328 e. The van der Waals surface area contributed by atoms with Crippen LogP contribution in [0.15, 0.2) is 24.3 Å². The molecule has 1 fully saturated rings. The lowest BCUT2D eigenvalue weighted by atomic mass is 9.91. The number of methoxy groups -OCH3 is 2. The fraction of sp³-hybridized carbons (Fsp3) is 0.500. The summed E-state index contributed by atoms with van der Waals surface area (Å²) in [6.07, 6.45) is -0.242. The first-order valence-electron chi connectivity index (χ1n) is 7.36. The van der Waals surface area contributed by atoms with Gasteiger partial charge in [-0.2, -0.15) is 0 Å². The number of hydrogen-bond acceptors (Lipinski definition) is 6. The van der Waals surface area contributed by atoms with Crippen LogP contribution in [0.3, 0.4) is 0 Å². The quantitative estimate of drug-likeness (QED) is 0.775. The third kappa shape index (κ3) is 1.96. The minimum absolute atomic E-state index is 0.237. The van der Waals surface area contributed by atoms with Crippen LogP contribution >= 0.6 is 0 Å². The molecule has 1 amide bonds. The van der Waals surface area contributed by atoms with E-state index in [-0.39, 0.29) is 5.91 Å². The van der Waals surface area contributed by atoms with Crippen LogP contribution in [-0.4, -0.2) is 50.3 Å². The van der Waals surface area contributed by atoms with Crippen LogP contribution in [0.4, 0.5) is 5.69 Å². The van der Waals surface area contributed by atoms with Crippen molar-refractivity contribution in [3.05, 3.63) is 29.8 Å². The monoisotopic (exact) mass is 320 g/mol. The summed E-state index contributed by atoms with van der Waals surface area (Å²) in [5.41, 5.74) is 0.889. The van der Waals surface area contributed by atoms with Crippen molar-refractivity contribution >= 4 is 17.6 Å². The fourth-order valence-corrected chi connectivity index (χ4v) is 3.81. The number of amides is 1. The topological polar surface area (TPSA) is 68.3 Å². The molecule has 3 rings (SSSR count). The number of ether oxygens (including phenoxy) is 2.